The quantitative estimate of drug-likeness (QED) is 0.746. The number of carboxylic acid groups (broad SMARTS) is 1. The number of nitrogens with zero attached hydrogens (tertiary/aromatic N) is 1. The summed E-state index contributed by atoms with van der Waals surface area (Å²) in [6.07, 6.45) is 5.87. The molecule has 80 valence electrons. The summed E-state index contributed by atoms with van der Waals surface area (Å²) in [4.78, 5) is 13.2. The minimum absolute atomic E-state index is 0.0763. The Morgan fingerprint density at radius 2 is 1.86 bits per heavy atom. The Morgan fingerprint density at radius 1 is 1.21 bits per heavy atom. The topological polar surface area (TPSA) is 40.5 Å². The lowest BCUT2D eigenvalue weighted by Crippen LogP contribution is -2.40. The van der Waals surface area contributed by atoms with Crippen LogP contribution in [0.3, 0.4) is 0 Å². The standard InChI is InChI=1S/C11H19NO2/c13-11(14)10-4-6-12(7-5-10)8-9-2-1-3-9/h9-10H,1-8H2,(H,13,14). The van der Waals surface area contributed by atoms with Gasteiger partial charge in [0.2, 0.25) is 0 Å². The maximum absolute atomic E-state index is 10.7. The minimum Gasteiger partial charge on any atom is -0.481 e. The van der Waals surface area contributed by atoms with Crippen molar-refractivity contribution in [3.8, 4) is 0 Å². The number of carbonyl (C=O) groups is 1. The molecule has 1 heterocycles. The van der Waals surface area contributed by atoms with Gasteiger partial charge in [-0.05, 0) is 44.7 Å². The van der Waals surface area contributed by atoms with Crippen molar-refractivity contribution in [1.29, 1.82) is 0 Å². The average Bonchev–Trinajstić information content (AvgIpc) is 2.12. The lowest BCUT2D eigenvalue weighted by atomic mass is 9.84. The van der Waals surface area contributed by atoms with E-state index in [0.29, 0.717) is 0 Å². The van der Waals surface area contributed by atoms with E-state index in [1.54, 1.807) is 0 Å². The molecule has 0 spiro atoms. The van der Waals surface area contributed by atoms with Gasteiger partial charge < -0.3 is 10.0 Å². The van der Waals surface area contributed by atoms with Crippen LogP contribution in [0.1, 0.15) is 32.1 Å². The highest BCUT2D eigenvalue weighted by Crippen LogP contribution is 2.28. The smallest absolute Gasteiger partial charge is 0.306 e. The summed E-state index contributed by atoms with van der Waals surface area (Å²) in [7, 11) is 0. The first-order chi connectivity index (χ1) is 6.75. The third kappa shape index (κ3) is 2.27. The summed E-state index contributed by atoms with van der Waals surface area (Å²) >= 11 is 0. The number of piperidine rings is 1. The van der Waals surface area contributed by atoms with Gasteiger partial charge in [0.1, 0.15) is 0 Å². The first-order valence-corrected chi connectivity index (χ1v) is 5.71. The molecule has 0 aromatic heterocycles. The highest BCUT2D eigenvalue weighted by molar-refractivity contribution is 5.70. The molecule has 3 nitrogen and oxygen atoms in total. The maximum atomic E-state index is 10.7. The van der Waals surface area contributed by atoms with Gasteiger partial charge in [0.25, 0.3) is 0 Å². The van der Waals surface area contributed by atoms with Crippen LogP contribution in [-0.2, 0) is 4.79 Å². The number of carboxylic acids is 1. The van der Waals surface area contributed by atoms with E-state index in [9.17, 15) is 4.79 Å². The minimum atomic E-state index is -0.603. The fourth-order valence-corrected chi connectivity index (χ4v) is 2.40. The third-order valence-electron chi connectivity index (χ3n) is 3.68. The number of hydrogen-bond donors (Lipinski definition) is 1. The fraction of sp³-hybridized carbons (Fsp3) is 0.909. The molecule has 0 bridgehead atoms. The second-order valence-electron chi connectivity index (χ2n) is 4.71. The number of hydrogen-bond acceptors (Lipinski definition) is 2. The summed E-state index contributed by atoms with van der Waals surface area (Å²) in [5.74, 6) is 0.234. The molecule has 0 aromatic rings. The predicted octanol–water partition coefficient (Wildman–Crippen LogP) is 1.58. The predicted molar refractivity (Wildman–Crippen MR) is 54.1 cm³/mol. The molecule has 0 unspecified atom stereocenters. The van der Waals surface area contributed by atoms with E-state index < -0.39 is 5.97 Å². The first-order valence-electron chi connectivity index (χ1n) is 5.71. The van der Waals surface area contributed by atoms with Crippen LogP contribution in [0.2, 0.25) is 0 Å². The first kappa shape index (κ1) is 9.97. The molecule has 0 aromatic carbocycles. The van der Waals surface area contributed by atoms with E-state index in [1.807, 2.05) is 0 Å². The van der Waals surface area contributed by atoms with Gasteiger partial charge in [0, 0.05) is 6.54 Å². The molecule has 2 aliphatic rings. The normalized spacial score (nSPS) is 26.0. The van der Waals surface area contributed by atoms with Gasteiger partial charge in [-0.3, -0.25) is 4.79 Å². The van der Waals surface area contributed by atoms with Crippen molar-refractivity contribution in [1.82, 2.24) is 4.90 Å². The maximum Gasteiger partial charge on any atom is 0.306 e. The highest BCUT2D eigenvalue weighted by atomic mass is 16.4. The van der Waals surface area contributed by atoms with Crippen molar-refractivity contribution < 1.29 is 9.90 Å². The van der Waals surface area contributed by atoms with Crippen LogP contribution in [-0.4, -0.2) is 35.6 Å². The number of aliphatic carboxylic acids is 1. The molecule has 1 N–H and O–H groups in total. The molecule has 0 radical (unpaired) electrons. The Labute approximate surface area is 85.1 Å². The van der Waals surface area contributed by atoms with Crippen molar-refractivity contribution in [2.24, 2.45) is 11.8 Å². The van der Waals surface area contributed by atoms with Crippen molar-refractivity contribution >= 4 is 5.97 Å². The summed E-state index contributed by atoms with van der Waals surface area (Å²) in [5.41, 5.74) is 0. The molecule has 0 amide bonds. The van der Waals surface area contributed by atoms with Crippen LogP contribution in [0.25, 0.3) is 0 Å². The van der Waals surface area contributed by atoms with E-state index in [-0.39, 0.29) is 5.92 Å². The molecule has 1 saturated heterocycles. The lowest BCUT2D eigenvalue weighted by molar-refractivity contribution is -0.143. The molecule has 2 rings (SSSR count). The molecule has 14 heavy (non-hydrogen) atoms. The van der Waals surface area contributed by atoms with Crippen molar-refractivity contribution in [2.45, 2.75) is 32.1 Å². The van der Waals surface area contributed by atoms with Crippen molar-refractivity contribution in [2.75, 3.05) is 19.6 Å². The average molecular weight is 197 g/mol. The number of likely N-dealkylation sites (tertiary alicyclic amines) is 1. The molecular weight excluding hydrogens is 178 g/mol. The van der Waals surface area contributed by atoms with E-state index in [0.717, 1.165) is 31.8 Å². The van der Waals surface area contributed by atoms with Crippen molar-refractivity contribution in [3.63, 3.8) is 0 Å². The van der Waals surface area contributed by atoms with Crippen molar-refractivity contribution in [3.05, 3.63) is 0 Å². The third-order valence-corrected chi connectivity index (χ3v) is 3.68. The van der Waals surface area contributed by atoms with Crippen LogP contribution < -0.4 is 0 Å². The second kappa shape index (κ2) is 4.30. The monoisotopic (exact) mass is 197 g/mol. The fourth-order valence-electron chi connectivity index (χ4n) is 2.40. The van der Waals surface area contributed by atoms with E-state index in [2.05, 4.69) is 4.90 Å². The Bertz CT molecular complexity index is 205. The summed E-state index contributed by atoms with van der Waals surface area (Å²) in [6.45, 7) is 3.20. The van der Waals surface area contributed by atoms with Crippen LogP contribution in [0.15, 0.2) is 0 Å². The van der Waals surface area contributed by atoms with Crippen LogP contribution in [0.5, 0.6) is 0 Å². The Kier molecular flexibility index (Phi) is 3.06. The van der Waals surface area contributed by atoms with Gasteiger partial charge in [0.15, 0.2) is 0 Å². The molecule has 0 atom stereocenters. The van der Waals surface area contributed by atoms with E-state index >= 15 is 0 Å². The van der Waals surface area contributed by atoms with Crippen LogP contribution >= 0.6 is 0 Å². The molecular formula is C11H19NO2. The Balaban J connectivity index is 1.69. The second-order valence-corrected chi connectivity index (χ2v) is 4.71. The molecule has 1 aliphatic carbocycles. The zero-order valence-electron chi connectivity index (χ0n) is 8.61. The molecule has 1 aliphatic heterocycles. The zero-order chi connectivity index (χ0) is 9.97. The van der Waals surface area contributed by atoms with Gasteiger partial charge in [-0.1, -0.05) is 6.42 Å². The zero-order valence-corrected chi connectivity index (χ0v) is 8.61. The molecule has 3 heteroatoms. The van der Waals surface area contributed by atoms with Gasteiger partial charge in [0.05, 0.1) is 5.92 Å². The highest BCUT2D eigenvalue weighted by Gasteiger charge is 2.27. The largest absolute Gasteiger partial charge is 0.481 e. The van der Waals surface area contributed by atoms with Crippen LogP contribution in [0.4, 0.5) is 0 Å². The Hall–Kier alpha value is -0.570. The van der Waals surface area contributed by atoms with Gasteiger partial charge in [-0.2, -0.15) is 0 Å². The number of rotatable bonds is 3. The van der Waals surface area contributed by atoms with Gasteiger partial charge in [-0.25, -0.2) is 0 Å². The van der Waals surface area contributed by atoms with Gasteiger partial charge in [-0.15, -0.1) is 0 Å². The van der Waals surface area contributed by atoms with Gasteiger partial charge >= 0.3 is 5.97 Å². The summed E-state index contributed by atoms with van der Waals surface area (Å²) in [6, 6.07) is 0. The SMILES string of the molecule is O=C(O)C1CCN(CC2CCC2)CC1. The van der Waals surface area contributed by atoms with E-state index in [4.69, 9.17) is 5.11 Å². The van der Waals surface area contributed by atoms with E-state index in [1.165, 1.54) is 25.8 Å². The molecule has 1 saturated carbocycles. The summed E-state index contributed by atoms with van der Waals surface area (Å²) < 4.78 is 0. The molecule has 2 fully saturated rings. The Morgan fingerprint density at radius 3 is 2.29 bits per heavy atom. The summed E-state index contributed by atoms with van der Waals surface area (Å²) in [5, 5.41) is 8.85. The van der Waals surface area contributed by atoms with Crippen LogP contribution in [0, 0.1) is 11.8 Å². The lowest BCUT2D eigenvalue weighted by Gasteiger charge is -2.35.